The first-order valence-corrected chi connectivity index (χ1v) is 15.0. The van der Waals surface area contributed by atoms with Gasteiger partial charge in [0.05, 0.1) is 6.10 Å². The molecule has 0 radical (unpaired) electrons. The molecule has 8 atom stereocenters. The molecule has 198 valence electrons. The van der Waals surface area contributed by atoms with Crippen LogP contribution in [-0.4, -0.2) is 70.1 Å². The van der Waals surface area contributed by atoms with Crippen LogP contribution in [-0.2, 0) is 0 Å². The molecular weight excluding hydrogens is 465 g/mol. The number of hydrazine groups is 1. The SMILES string of the molecule is C=C(C1CNC(C(F)(F)P)C(O)C1)N1CCC2C3C(CCCC[C@@H]31)NN2C1CCC(C2CC2)CC1. The number of hydrogen-bond donors (Lipinski definition) is 3. The summed E-state index contributed by atoms with van der Waals surface area (Å²) in [5.41, 5.74) is 2.09. The van der Waals surface area contributed by atoms with Crippen LogP contribution < -0.4 is 10.7 Å². The summed E-state index contributed by atoms with van der Waals surface area (Å²) in [6.45, 7) is 5.95. The van der Waals surface area contributed by atoms with Crippen molar-refractivity contribution in [2.24, 2.45) is 23.7 Å². The fourth-order valence-corrected chi connectivity index (χ4v) is 8.94. The van der Waals surface area contributed by atoms with E-state index >= 15 is 0 Å². The maximum atomic E-state index is 13.9. The summed E-state index contributed by atoms with van der Waals surface area (Å²) in [4.78, 5) is 2.53. The Kier molecular flexibility index (Phi) is 6.97. The summed E-state index contributed by atoms with van der Waals surface area (Å²) >= 11 is 0. The minimum Gasteiger partial charge on any atom is -0.391 e. The van der Waals surface area contributed by atoms with Gasteiger partial charge in [-0.15, -0.1) is 0 Å². The molecule has 8 heteroatoms. The quantitative estimate of drug-likeness (QED) is 0.487. The Labute approximate surface area is 212 Å². The van der Waals surface area contributed by atoms with Crippen molar-refractivity contribution in [2.75, 3.05) is 13.1 Å². The van der Waals surface area contributed by atoms with Crippen LogP contribution in [0.3, 0.4) is 0 Å². The van der Waals surface area contributed by atoms with Gasteiger partial charge in [-0.25, -0.2) is 13.8 Å². The summed E-state index contributed by atoms with van der Waals surface area (Å²) in [6.07, 6.45) is 13.9. The molecule has 3 aliphatic carbocycles. The number of piperidine rings is 2. The lowest BCUT2D eigenvalue weighted by Gasteiger charge is -2.50. The second kappa shape index (κ2) is 9.76. The number of alkyl halides is 2. The number of halogens is 2. The van der Waals surface area contributed by atoms with Gasteiger partial charge in [0.2, 0.25) is 0 Å². The van der Waals surface area contributed by atoms with Crippen molar-refractivity contribution in [3.05, 3.63) is 12.3 Å². The summed E-state index contributed by atoms with van der Waals surface area (Å²) in [5, 5.41) is 16.1. The molecule has 35 heavy (non-hydrogen) atoms. The lowest BCUT2D eigenvalue weighted by atomic mass is 9.77. The zero-order valence-electron chi connectivity index (χ0n) is 21.1. The largest absolute Gasteiger partial charge is 0.391 e. The van der Waals surface area contributed by atoms with E-state index in [4.69, 9.17) is 0 Å². The highest BCUT2D eigenvalue weighted by Gasteiger charge is 2.53. The van der Waals surface area contributed by atoms with E-state index in [1.165, 1.54) is 64.2 Å². The van der Waals surface area contributed by atoms with Gasteiger partial charge in [0.25, 0.3) is 5.66 Å². The monoisotopic (exact) mass is 510 g/mol. The van der Waals surface area contributed by atoms with Gasteiger partial charge < -0.3 is 15.3 Å². The van der Waals surface area contributed by atoms with Crippen molar-refractivity contribution in [3.63, 3.8) is 0 Å². The lowest BCUT2D eigenvalue weighted by molar-refractivity contribution is -0.0361. The molecule has 3 saturated heterocycles. The van der Waals surface area contributed by atoms with E-state index in [-0.39, 0.29) is 5.92 Å². The van der Waals surface area contributed by atoms with Crippen LogP contribution in [0.4, 0.5) is 8.78 Å². The van der Waals surface area contributed by atoms with Crippen molar-refractivity contribution >= 4 is 9.24 Å². The van der Waals surface area contributed by atoms with Gasteiger partial charge in [0.15, 0.2) is 0 Å². The highest BCUT2D eigenvalue weighted by Crippen LogP contribution is 2.48. The molecule has 6 fully saturated rings. The first kappa shape index (κ1) is 25.0. The summed E-state index contributed by atoms with van der Waals surface area (Å²) < 4.78 is 27.7. The van der Waals surface area contributed by atoms with Crippen molar-refractivity contribution < 1.29 is 13.9 Å². The molecule has 0 bridgehead atoms. The first-order chi connectivity index (χ1) is 16.8. The molecule has 3 aliphatic heterocycles. The van der Waals surface area contributed by atoms with E-state index in [0.29, 0.717) is 43.1 Å². The van der Waals surface area contributed by atoms with Crippen LogP contribution >= 0.6 is 9.24 Å². The molecule has 6 aliphatic rings. The molecule has 0 aromatic rings. The van der Waals surface area contributed by atoms with E-state index in [2.05, 4.69) is 27.2 Å². The maximum absolute atomic E-state index is 13.9. The molecule has 0 spiro atoms. The van der Waals surface area contributed by atoms with Gasteiger partial charge in [-0.1, -0.05) is 28.7 Å². The van der Waals surface area contributed by atoms with Gasteiger partial charge in [0, 0.05) is 54.8 Å². The molecule has 6 rings (SSSR count). The van der Waals surface area contributed by atoms with Crippen LogP contribution in [0.2, 0.25) is 0 Å². The number of likely N-dealkylation sites (tertiary alicyclic amines) is 1. The second-order valence-corrected chi connectivity index (χ2v) is 13.3. The Hall–Kier alpha value is -0.330. The third-order valence-electron chi connectivity index (χ3n) is 10.5. The fraction of sp³-hybridized carbons (Fsp3) is 0.926. The van der Waals surface area contributed by atoms with Gasteiger partial charge in [0.1, 0.15) is 6.04 Å². The Morgan fingerprint density at radius 1 is 0.943 bits per heavy atom. The van der Waals surface area contributed by atoms with Crippen LogP contribution in [0, 0.1) is 23.7 Å². The normalized spacial score (nSPS) is 45.1. The zero-order valence-corrected chi connectivity index (χ0v) is 22.2. The van der Waals surface area contributed by atoms with E-state index < -0.39 is 17.8 Å². The summed E-state index contributed by atoms with van der Waals surface area (Å²) in [5.74, 6) is 2.64. The predicted octanol–water partition coefficient (Wildman–Crippen LogP) is 4.10. The zero-order chi connectivity index (χ0) is 24.3. The Balaban J connectivity index is 1.13. The number of nitrogens with zero attached hydrogens (tertiary/aromatic N) is 2. The maximum Gasteiger partial charge on any atom is 0.276 e. The Bertz CT molecular complexity index is 784. The lowest BCUT2D eigenvalue weighted by Crippen LogP contribution is -2.59. The van der Waals surface area contributed by atoms with Gasteiger partial charge in [-0.2, -0.15) is 0 Å². The third-order valence-corrected chi connectivity index (χ3v) is 10.9. The molecule has 3 heterocycles. The van der Waals surface area contributed by atoms with Crippen LogP contribution in [0.15, 0.2) is 12.3 Å². The standard InChI is InChI=1S/C27H45F2N4OP/c1-16(19-14-24(34)26(30-15-19)27(28,29)35)32-13-12-23-25-21(4-2-3-5-22(25)32)31-33(23)20-10-8-18(9-11-20)17-6-7-17/h17-26,30-31,34H,1-15,35H2/t18?,19?,20?,21?,22-,23?,24?,25?,26?/m0/s1. The molecular formula is C27H45F2N4OP. The molecule has 3 saturated carbocycles. The number of nitrogens with one attached hydrogen (secondary N) is 2. The number of aliphatic hydroxyl groups excluding tert-OH is 1. The van der Waals surface area contributed by atoms with E-state index in [1.807, 2.05) is 0 Å². The number of hydrogen-bond acceptors (Lipinski definition) is 5. The minimum atomic E-state index is -3.00. The topological polar surface area (TPSA) is 50.8 Å². The minimum absolute atomic E-state index is 0.00928. The summed E-state index contributed by atoms with van der Waals surface area (Å²) in [7, 11) is 1.58. The van der Waals surface area contributed by atoms with Crippen LogP contribution in [0.1, 0.15) is 77.0 Å². The average molecular weight is 511 g/mol. The third kappa shape index (κ3) is 4.82. The number of aliphatic hydroxyl groups is 1. The molecule has 0 aromatic carbocycles. The van der Waals surface area contributed by atoms with E-state index in [1.54, 1.807) is 9.24 Å². The number of rotatable bonds is 5. The molecule has 0 aromatic heterocycles. The highest BCUT2D eigenvalue weighted by atomic mass is 31.0. The smallest absolute Gasteiger partial charge is 0.276 e. The van der Waals surface area contributed by atoms with Crippen molar-refractivity contribution in [2.45, 2.75) is 119 Å². The Morgan fingerprint density at radius 3 is 2.29 bits per heavy atom. The molecule has 3 N–H and O–H groups in total. The highest BCUT2D eigenvalue weighted by molar-refractivity contribution is 7.18. The Morgan fingerprint density at radius 2 is 1.63 bits per heavy atom. The first-order valence-electron chi connectivity index (χ1n) is 14.4. The van der Waals surface area contributed by atoms with Crippen molar-refractivity contribution in [1.82, 2.24) is 20.7 Å². The van der Waals surface area contributed by atoms with Crippen molar-refractivity contribution in [3.8, 4) is 0 Å². The van der Waals surface area contributed by atoms with Gasteiger partial charge >= 0.3 is 0 Å². The van der Waals surface area contributed by atoms with E-state index in [9.17, 15) is 13.9 Å². The molecule has 7 unspecified atom stereocenters. The van der Waals surface area contributed by atoms with Gasteiger partial charge in [-0.3, -0.25) is 5.43 Å². The fourth-order valence-electron chi connectivity index (χ4n) is 8.60. The van der Waals surface area contributed by atoms with E-state index in [0.717, 1.165) is 30.5 Å². The second-order valence-electron chi connectivity index (χ2n) is 12.6. The predicted molar refractivity (Wildman–Crippen MR) is 138 cm³/mol. The molecule has 5 nitrogen and oxygen atoms in total. The molecule has 0 amide bonds. The van der Waals surface area contributed by atoms with Crippen LogP contribution in [0.25, 0.3) is 0 Å². The summed E-state index contributed by atoms with van der Waals surface area (Å²) in [6, 6.07) is 1.09. The average Bonchev–Trinajstić information content (AvgIpc) is 3.64. The van der Waals surface area contributed by atoms with Crippen LogP contribution in [0.5, 0.6) is 0 Å². The van der Waals surface area contributed by atoms with Crippen molar-refractivity contribution in [1.29, 1.82) is 0 Å². The van der Waals surface area contributed by atoms with Gasteiger partial charge in [-0.05, 0) is 76.0 Å².